The molecule has 4 heteroatoms. The summed E-state index contributed by atoms with van der Waals surface area (Å²) in [5, 5.41) is 12.1. The topological polar surface area (TPSA) is 49.3 Å². The molecular weight excluding hydrogens is 238 g/mol. The van der Waals surface area contributed by atoms with E-state index in [1.54, 1.807) is 0 Å². The molecule has 1 unspecified atom stereocenters. The van der Waals surface area contributed by atoms with Crippen LogP contribution in [-0.4, -0.2) is 23.2 Å². The molecule has 0 aliphatic heterocycles. The van der Waals surface area contributed by atoms with E-state index in [1.165, 1.54) is 5.56 Å². The molecule has 0 spiro atoms. The number of benzene rings is 1. The maximum atomic E-state index is 11.0. The molecule has 0 aromatic heterocycles. The summed E-state index contributed by atoms with van der Waals surface area (Å²) < 4.78 is 0. The van der Waals surface area contributed by atoms with Gasteiger partial charge in [0.2, 0.25) is 0 Å². The van der Waals surface area contributed by atoms with Crippen LogP contribution in [-0.2, 0) is 11.2 Å². The predicted molar refractivity (Wildman–Crippen MR) is 71.7 cm³/mol. The summed E-state index contributed by atoms with van der Waals surface area (Å²) in [5.74, 6) is -0.773. The Morgan fingerprint density at radius 3 is 2.35 bits per heavy atom. The SMILES string of the molecule is CC(C)NC(CCc1ccccc1)C(=O)O.Cl. The molecule has 1 aromatic carbocycles. The van der Waals surface area contributed by atoms with Gasteiger partial charge in [-0.15, -0.1) is 12.4 Å². The Hall–Kier alpha value is -1.06. The highest BCUT2D eigenvalue weighted by atomic mass is 35.5. The van der Waals surface area contributed by atoms with E-state index in [2.05, 4.69) is 5.32 Å². The summed E-state index contributed by atoms with van der Waals surface area (Å²) >= 11 is 0. The van der Waals surface area contributed by atoms with Crippen molar-refractivity contribution in [3.8, 4) is 0 Å². The number of hydrogen-bond acceptors (Lipinski definition) is 2. The number of aliphatic carboxylic acids is 1. The molecule has 1 aromatic rings. The number of aryl methyl sites for hydroxylation is 1. The monoisotopic (exact) mass is 257 g/mol. The van der Waals surface area contributed by atoms with Crippen molar-refractivity contribution >= 4 is 18.4 Å². The van der Waals surface area contributed by atoms with Crippen LogP contribution in [0.5, 0.6) is 0 Å². The fourth-order valence-corrected chi connectivity index (χ4v) is 1.64. The van der Waals surface area contributed by atoms with Gasteiger partial charge in [-0.05, 0) is 18.4 Å². The van der Waals surface area contributed by atoms with Gasteiger partial charge in [0.25, 0.3) is 0 Å². The second-order valence-corrected chi connectivity index (χ2v) is 4.24. The number of carboxylic acids is 1. The number of nitrogens with one attached hydrogen (secondary N) is 1. The maximum Gasteiger partial charge on any atom is 0.320 e. The van der Waals surface area contributed by atoms with Crippen molar-refractivity contribution in [2.45, 2.75) is 38.8 Å². The third kappa shape index (κ3) is 6.29. The zero-order chi connectivity index (χ0) is 12.0. The summed E-state index contributed by atoms with van der Waals surface area (Å²) in [6, 6.07) is 9.69. The van der Waals surface area contributed by atoms with Crippen LogP contribution in [0.4, 0.5) is 0 Å². The van der Waals surface area contributed by atoms with Crippen molar-refractivity contribution < 1.29 is 9.90 Å². The summed E-state index contributed by atoms with van der Waals surface area (Å²) in [6.07, 6.45) is 1.41. The Balaban J connectivity index is 0.00000256. The third-order valence-corrected chi connectivity index (χ3v) is 2.40. The van der Waals surface area contributed by atoms with Crippen molar-refractivity contribution in [1.82, 2.24) is 5.32 Å². The van der Waals surface area contributed by atoms with E-state index < -0.39 is 12.0 Å². The molecule has 0 aliphatic carbocycles. The first kappa shape index (κ1) is 15.9. The van der Waals surface area contributed by atoms with E-state index in [9.17, 15) is 4.79 Å². The zero-order valence-corrected chi connectivity index (χ0v) is 11.0. The summed E-state index contributed by atoms with van der Waals surface area (Å²) in [6.45, 7) is 3.91. The molecule has 1 rings (SSSR count). The molecule has 17 heavy (non-hydrogen) atoms. The molecule has 96 valence electrons. The fourth-order valence-electron chi connectivity index (χ4n) is 1.64. The number of carbonyl (C=O) groups is 1. The first-order chi connectivity index (χ1) is 7.59. The molecule has 1 atom stereocenters. The standard InChI is InChI=1S/C13H19NO2.ClH/c1-10(2)14-12(13(15)16)9-8-11-6-4-3-5-7-11;/h3-7,10,12,14H,8-9H2,1-2H3,(H,15,16);1H. The lowest BCUT2D eigenvalue weighted by atomic mass is 10.0. The van der Waals surface area contributed by atoms with Gasteiger partial charge >= 0.3 is 5.97 Å². The van der Waals surface area contributed by atoms with Crippen LogP contribution in [0.25, 0.3) is 0 Å². The Morgan fingerprint density at radius 1 is 1.29 bits per heavy atom. The smallest absolute Gasteiger partial charge is 0.320 e. The van der Waals surface area contributed by atoms with E-state index in [4.69, 9.17) is 5.11 Å². The highest BCUT2D eigenvalue weighted by Crippen LogP contribution is 2.05. The minimum atomic E-state index is -0.773. The van der Waals surface area contributed by atoms with Crippen molar-refractivity contribution in [2.24, 2.45) is 0 Å². The van der Waals surface area contributed by atoms with Crippen molar-refractivity contribution in [2.75, 3.05) is 0 Å². The molecule has 3 nitrogen and oxygen atoms in total. The van der Waals surface area contributed by atoms with Crippen LogP contribution < -0.4 is 5.32 Å². The van der Waals surface area contributed by atoms with Crippen molar-refractivity contribution in [3.63, 3.8) is 0 Å². The molecule has 0 aliphatic rings. The van der Waals surface area contributed by atoms with E-state index >= 15 is 0 Å². The van der Waals surface area contributed by atoms with Crippen LogP contribution in [0.15, 0.2) is 30.3 Å². The minimum Gasteiger partial charge on any atom is -0.480 e. The van der Waals surface area contributed by atoms with Gasteiger partial charge in [-0.25, -0.2) is 0 Å². The summed E-state index contributed by atoms with van der Waals surface area (Å²) in [4.78, 5) is 11.0. The van der Waals surface area contributed by atoms with Crippen LogP contribution in [0, 0.1) is 0 Å². The summed E-state index contributed by atoms with van der Waals surface area (Å²) in [7, 11) is 0. The lowest BCUT2D eigenvalue weighted by Crippen LogP contribution is -2.41. The lowest BCUT2D eigenvalue weighted by Gasteiger charge is -2.17. The third-order valence-electron chi connectivity index (χ3n) is 2.40. The van der Waals surface area contributed by atoms with Gasteiger partial charge in [0, 0.05) is 6.04 Å². The number of carboxylic acid groups (broad SMARTS) is 1. The normalized spacial score (nSPS) is 11.9. The van der Waals surface area contributed by atoms with E-state index in [1.807, 2.05) is 44.2 Å². The highest BCUT2D eigenvalue weighted by molar-refractivity contribution is 5.85. The van der Waals surface area contributed by atoms with E-state index in [-0.39, 0.29) is 18.4 Å². The minimum absolute atomic E-state index is 0. The molecule has 2 N–H and O–H groups in total. The zero-order valence-electron chi connectivity index (χ0n) is 10.2. The molecule has 0 heterocycles. The Labute approximate surface area is 109 Å². The Kier molecular flexibility index (Phi) is 7.59. The molecule has 0 saturated carbocycles. The number of hydrogen-bond donors (Lipinski definition) is 2. The molecule has 0 bridgehead atoms. The van der Waals surface area contributed by atoms with E-state index in [0.717, 1.165) is 6.42 Å². The van der Waals surface area contributed by atoms with Crippen LogP contribution in [0.2, 0.25) is 0 Å². The molecule has 0 fully saturated rings. The molecule has 0 radical (unpaired) electrons. The van der Waals surface area contributed by atoms with Crippen LogP contribution in [0.1, 0.15) is 25.8 Å². The second kappa shape index (κ2) is 8.09. The Morgan fingerprint density at radius 2 is 1.88 bits per heavy atom. The maximum absolute atomic E-state index is 11.0. The highest BCUT2D eigenvalue weighted by Gasteiger charge is 2.17. The fraction of sp³-hybridized carbons (Fsp3) is 0.462. The number of halogens is 1. The predicted octanol–water partition coefficient (Wildman–Crippen LogP) is 2.49. The Bertz CT molecular complexity index is 327. The van der Waals surface area contributed by atoms with E-state index in [0.29, 0.717) is 6.42 Å². The average Bonchev–Trinajstić information content (AvgIpc) is 2.25. The lowest BCUT2D eigenvalue weighted by molar-refractivity contribution is -0.139. The average molecular weight is 258 g/mol. The van der Waals surface area contributed by atoms with Gasteiger partial charge in [-0.3, -0.25) is 4.79 Å². The van der Waals surface area contributed by atoms with Gasteiger partial charge in [0.15, 0.2) is 0 Å². The first-order valence-electron chi connectivity index (χ1n) is 5.62. The van der Waals surface area contributed by atoms with Gasteiger partial charge < -0.3 is 10.4 Å². The van der Waals surface area contributed by atoms with Crippen molar-refractivity contribution in [1.29, 1.82) is 0 Å². The van der Waals surface area contributed by atoms with Crippen molar-refractivity contribution in [3.05, 3.63) is 35.9 Å². The van der Waals surface area contributed by atoms with Gasteiger partial charge in [0.1, 0.15) is 6.04 Å². The largest absolute Gasteiger partial charge is 0.480 e. The number of rotatable bonds is 6. The summed E-state index contributed by atoms with van der Waals surface area (Å²) in [5.41, 5.74) is 1.18. The van der Waals surface area contributed by atoms with Crippen LogP contribution in [0.3, 0.4) is 0 Å². The van der Waals surface area contributed by atoms with Gasteiger partial charge in [0.05, 0.1) is 0 Å². The van der Waals surface area contributed by atoms with Gasteiger partial charge in [-0.2, -0.15) is 0 Å². The first-order valence-corrected chi connectivity index (χ1v) is 5.62. The van der Waals surface area contributed by atoms with Gasteiger partial charge in [-0.1, -0.05) is 44.2 Å². The molecule has 0 saturated heterocycles. The molecule has 0 amide bonds. The van der Waals surface area contributed by atoms with Crippen LogP contribution >= 0.6 is 12.4 Å². The quantitative estimate of drug-likeness (QED) is 0.823. The molecular formula is C13H20ClNO2. The second-order valence-electron chi connectivity index (χ2n) is 4.24.